The van der Waals surface area contributed by atoms with Crippen LogP contribution in [-0.2, 0) is 0 Å². The monoisotopic (exact) mass is 373 g/mol. The van der Waals surface area contributed by atoms with Crippen molar-refractivity contribution in [3.05, 3.63) is 40.4 Å². The van der Waals surface area contributed by atoms with E-state index in [1.807, 2.05) is 6.92 Å². The van der Waals surface area contributed by atoms with Gasteiger partial charge in [0.2, 0.25) is 0 Å². The molecule has 0 aromatic heterocycles. The fourth-order valence-electron chi connectivity index (χ4n) is 2.09. The second-order valence-corrected chi connectivity index (χ2v) is 5.64. The molecule has 0 atom stereocenters. The van der Waals surface area contributed by atoms with Crippen LogP contribution < -0.4 is 4.74 Å². The maximum Gasteiger partial charge on any atom is 0.182 e. The first-order valence-electron chi connectivity index (χ1n) is 6.51. The van der Waals surface area contributed by atoms with Crippen LogP contribution in [0, 0.1) is 0 Å². The summed E-state index contributed by atoms with van der Waals surface area (Å²) in [6.07, 6.45) is 0.670. The lowest BCUT2D eigenvalue weighted by molar-refractivity contribution is 0.0958. The minimum Gasteiger partial charge on any atom is -0.497 e. The van der Waals surface area contributed by atoms with Gasteiger partial charge in [0.05, 0.1) is 19.5 Å². The zero-order chi connectivity index (χ0) is 14.5. The second-order valence-electron chi connectivity index (χ2n) is 4.61. The third-order valence-electron chi connectivity index (χ3n) is 3.36. The Hall–Kier alpha value is -0.980. The Kier molecular flexibility index (Phi) is 7.28. The van der Waals surface area contributed by atoms with Gasteiger partial charge in [0.15, 0.2) is 5.78 Å². The zero-order valence-electron chi connectivity index (χ0n) is 12.2. The van der Waals surface area contributed by atoms with Gasteiger partial charge >= 0.3 is 0 Å². The molecule has 0 bridgehead atoms. The highest BCUT2D eigenvalue weighted by Gasteiger charge is 2.21. The maximum atomic E-state index is 12.2. The van der Waals surface area contributed by atoms with Gasteiger partial charge in [-0.05, 0) is 31.2 Å². The van der Waals surface area contributed by atoms with E-state index in [2.05, 4.69) is 4.90 Å². The molecular formula is C15H20BrNO3S. The van der Waals surface area contributed by atoms with Gasteiger partial charge in [-0.1, -0.05) is 0 Å². The lowest BCUT2D eigenvalue weighted by Crippen LogP contribution is -2.25. The maximum absolute atomic E-state index is 12.2. The number of ether oxygens (including phenoxy) is 1. The van der Waals surface area contributed by atoms with E-state index in [-0.39, 0.29) is 29.4 Å². The number of benzene rings is 1. The molecule has 0 saturated heterocycles. The number of aliphatic hydroxyl groups is 1. The Morgan fingerprint density at radius 3 is 2.62 bits per heavy atom. The Balaban J connectivity index is 0.00000220. The molecule has 2 rings (SSSR count). The summed E-state index contributed by atoms with van der Waals surface area (Å²) in [5.41, 5.74) is 1.80. The Morgan fingerprint density at radius 2 is 2.05 bits per heavy atom. The van der Waals surface area contributed by atoms with Crippen LogP contribution in [0.1, 0.15) is 23.7 Å². The number of allylic oxidation sites excluding steroid dienone is 1. The smallest absolute Gasteiger partial charge is 0.182 e. The van der Waals surface area contributed by atoms with E-state index in [0.29, 0.717) is 18.5 Å². The Labute approximate surface area is 139 Å². The molecule has 1 heterocycles. The van der Waals surface area contributed by atoms with E-state index in [1.54, 1.807) is 43.1 Å². The molecule has 21 heavy (non-hydrogen) atoms. The van der Waals surface area contributed by atoms with Crippen LogP contribution in [0.5, 0.6) is 5.75 Å². The summed E-state index contributed by atoms with van der Waals surface area (Å²) in [6.45, 7) is 2.53. The van der Waals surface area contributed by atoms with E-state index >= 15 is 0 Å². The number of hydrogen-bond donors (Lipinski definition) is 1. The molecule has 4 nitrogen and oxygen atoms in total. The topological polar surface area (TPSA) is 49.8 Å². The van der Waals surface area contributed by atoms with E-state index in [0.717, 1.165) is 17.3 Å². The van der Waals surface area contributed by atoms with E-state index < -0.39 is 0 Å². The molecular weight excluding hydrogens is 354 g/mol. The summed E-state index contributed by atoms with van der Waals surface area (Å²) < 4.78 is 5.08. The van der Waals surface area contributed by atoms with Gasteiger partial charge in [-0.15, -0.1) is 28.7 Å². The first kappa shape index (κ1) is 18.1. The molecule has 1 aromatic carbocycles. The average molecular weight is 374 g/mol. The second kappa shape index (κ2) is 8.46. The molecule has 0 radical (unpaired) electrons. The molecule has 1 aliphatic heterocycles. The lowest BCUT2D eigenvalue weighted by Gasteiger charge is -2.18. The van der Waals surface area contributed by atoms with Crippen molar-refractivity contribution in [1.82, 2.24) is 4.90 Å². The van der Waals surface area contributed by atoms with Crippen molar-refractivity contribution in [3.63, 3.8) is 0 Å². The van der Waals surface area contributed by atoms with Crippen LogP contribution in [0.15, 0.2) is 34.9 Å². The first-order valence-corrected chi connectivity index (χ1v) is 7.50. The van der Waals surface area contributed by atoms with Crippen LogP contribution in [0.25, 0.3) is 0 Å². The van der Waals surface area contributed by atoms with E-state index in [1.165, 1.54) is 4.91 Å². The summed E-state index contributed by atoms with van der Waals surface area (Å²) >= 11 is 1.70. The fourth-order valence-corrected chi connectivity index (χ4v) is 3.26. The highest BCUT2D eigenvalue weighted by Crippen LogP contribution is 2.33. The number of nitrogens with zero attached hydrogens (tertiary/aromatic N) is 1. The predicted octanol–water partition coefficient (Wildman–Crippen LogP) is 3.08. The fraction of sp³-hybridized carbons (Fsp3) is 0.400. The molecule has 0 saturated carbocycles. The van der Waals surface area contributed by atoms with Crippen molar-refractivity contribution in [3.8, 4) is 5.75 Å². The van der Waals surface area contributed by atoms with Gasteiger partial charge in [-0.3, -0.25) is 4.79 Å². The van der Waals surface area contributed by atoms with E-state index in [4.69, 9.17) is 9.84 Å². The number of ketones is 1. The highest BCUT2D eigenvalue weighted by molar-refractivity contribution is 8.93. The highest BCUT2D eigenvalue weighted by atomic mass is 79.9. The van der Waals surface area contributed by atoms with E-state index in [9.17, 15) is 4.79 Å². The number of carbonyl (C=O) groups is 1. The normalized spacial score (nSPS) is 14.1. The van der Waals surface area contributed by atoms with Gasteiger partial charge in [0.25, 0.3) is 0 Å². The largest absolute Gasteiger partial charge is 0.497 e. The third kappa shape index (κ3) is 4.49. The Morgan fingerprint density at radius 1 is 1.38 bits per heavy atom. The van der Waals surface area contributed by atoms with Crippen molar-refractivity contribution in [2.24, 2.45) is 0 Å². The first-order chi connectivity index (χ1) is 9.65. The summed E-state index contributed by atoms with van der Waals surface area (Å²) in [5.74, 6) is 1.63. The summed E-state index contributed by atoms with van der Waals surface area (Å²) in [4.78, 5) is 15.5. The van der Waals surface area contributed by atoms with Crippen molar-refractivity contribution >= 4 is 34.5 Å². The zero-order valence-corrected chi connectivity index (χ0v) is 14.7. The Bertz CT molecular complexity index is 516. The third-order valence-corrected chi connectivity index (χ3v) is 4.65. The quantitative estimate of drug-likeness (QED) is 0.776. The van der Waals surface area contributed by atoms with Gasteiger partial charge < -0.3 is 14.7 Å². The average Bonchev–Trinajstić information content (AvgIpc) is 2.81. The molecule has 116 valence electrons. The minimum absolute atomic E-state index is 0. The van der Waals surface area contributed by atoms with Gasteiger partial charge in [-0.2, -0.15) is 0 Å². The number of carbonyl (C=O) groups excluding carboxylic acids is 1. The molecule has 1 N–H and O–H groups in total. The molecule has 1 aliphatic rings. The standard InChI is InChI=1S/C15H19NO3S.BrH/c1-11-15(7-8-17)20-10-16(11)9-14(18)12-3-5-13(19-2)6-4-12;/h3-6,17H,7-10H2,1-2H3;1H. The number of methoxy groups -OCH3 is 1. The molecule has 0 unspecified atom stereocenters. The molecule has 1 aromatic rings. The predicted molar refractivity (Wildman–Crippen MR) is 91.2 cm³/mol. The SMILES string of the molecule is Br.COc1ccc(C(=O)CN2CSC(CCO)=C2C)cc1. The van der Waals surface area contributed by atoms with Crippen molar-refractivity contribution in [1.29, 1.82) is 0 Å². The summed E-state index contributed by atoms with van der Waals surface area (Å²) in [5, 5.41) is 9.00. The van der Waals surface area contributed by atoms with Crippen LogP contribution >= 0.6 is 28.7 Å². The summed E-state index contributed by atoms with van der Waals surface area (Å²) in [7, 11) is 1.61. The molecule has 0 spiro atoms. The van der Waals surface area contributed by atoms with Crippen molar-refractivity contribution < 1.29 is 14.6 Å². The van der Waals surface area contributed by atoms with Gasteiger partial charge in [0.1, 0.15) is 5.75 Å². The molecule has 0 fully saturated rings. The van der Waals surface area contributed by atoms with Gasteiger partial charge in [0, 0.05) is 29.2 Å². The van der Waals surface area contributed by atoms with Crippen LogP contribution in [0.2, 0.25) is 0 Å². The molecule has 6 heteroatoms. The van der Waals surface area contributed by atoms with Gasteiger partial charge in [-0.25, -0.2) is 0 Å². The number of Topliss-reactive ketones (excluding diaryl/α,β-unsaturated/α-hetero) is 1. The number of rotatable bonds is 6. The van der Waals surface area contributed by atoms with Crippen LogP contribution in [0.4, 0.5) is 0 Å². The minimum atomic E-state index is 0. The summed E-state index contributed by atoms with van der Waals surface area (Å²) in [6, 6.07) is 7.17. The van der Waals surface area contributed by atoms with Crippen molar-refractivity contribution in [2.75, 3.05) is 26.1 Å². The number of hydrogen-bond acceptors (Lipinski definition) is 5. The number of aliphatic hydroxyl groups excluding tert-OH is 1. The molecule has 0 aliphatic carbocycles. The van der Waals surface area contributed by atoms with Crippen molar-refractivity contribution in [2.45, 2.75) is 13.3 Å². The number of halogens is 1. The molecule has 0 amide bonds. The lowest BCUT2D eigenvalue weighted by atomic mass is 10.1. The number of thioether (sulfide) groups is 1. The van der Waals surface area contributed by atoms with Crippen LogP contribution in [-0.4, -0.2) is 41.9 Å². The van der Waals surface area contributed by atoms with Crippen LogP contribution in [0.3, 0.4) is 0 Å².